The van der Waals surface area contributed by atoms with Gasteiger partial charge in [0.15, 0.2) is 5.43 Å². The average molecular weight is 305 g/mol. The summed E-state index contributed by atoms with van der Waals surface area (Å²) in [6, 6.07) is 11.9. The number of H-pyrrole nitrogens is 1. The predicted molar refractivity (Wildman–Crippen MR) is 69.0 cm³/mol. The van der Waals surface area contributed by atoms with Crippen molar-refractivity contribution in [2.45, 2.75) is 0 Å². The first kappa shape index (κ1) is 13.4. The second kappa shape index (κ2) is 4.94. The summed E-state index contributed by atoms with van der Waals surface area (Å²) in [6.07, 6.45) is 0. The molecular formula is C14H9NO3Zn. The number of benzene rings is 2. The minimum atomic E-state index is -1.04. The molecule has 5 heteroatoms. The number of hydrogen-bond acceptors (Lipinski definition) is 2. The van der Waals surface area contributed by atoms with Gasteiger partial charge < -0.3 is 10.1 Å². The molecule has 0 amide bonds. The van der Waals surface area contributed by atoms with E-state index < -0.39 is 5.97 Å². The summed E-state index contributed by atoms with van der Waals surface area (Å²) in [4.78, 5) is 25.7. The van der Waals surface area contributed by atoms with Gasteiger partial charge >= 0.3 is 5.97 Å². The van der Waals surface area contributed by atoms with Gasteiger partial charge in [0.25, 0.3) is 0 Å². The second-order valence-corrected chi connectivity index (χ2v) is 4.06. The predicted octanol–water partition coefficient (Wildman–Crippen LogP) is 2.38. The standard InChI is InChI=1S/C14H9NO3.Zn/c16-11-3-1-2-8-4-5-9-6-7-10(14(17)18)15-13(9)12(8)11;/h1-7,15H,(H,17,18);. The fraction of sp³-hybridized carbons (Fsp3) is 0. The molecule has 0 spiro atoms. The van der Waals surface area contributed by atoms with Gasteiger partial charge in [-0.2, -0.15) is 0 Å². The van der Waals surface area contributed by atoms with E-state index in [1.165, 1.54) is 12.1 Å². The van der Waals surface area contributed by atoms with E-state index in [0.717, 1.165) is 10.8 Å². The van der Waals surface area contributed by atoms with E-state index in [0.29, 0.717) is 10.9 Å². The number of aromatic carboxylic acids is 1. The molecule has 1 aromatic heterocycles. The normalized spacial score (nSPS) is 10.3. The summed E-state index contributed by atoms with van der Waals surface area (Å²) in [5, 5.41) is 11.1. The molecule has 0 aliphatic rings. The van der Waals surface area contributed by atoms with E-state index in [2.05, 4.69) is 4.98 Å². The van der Waals surface area contributed by atoms with E-state index in [9.17, 15) is 9.59 Å². The van der Waals surface area contributed by atoms with Crippen molar-refractivity contribution >= 4 is 27.6 Å². The van der Waals surface area contributed by atoms with Gasteiger partial charge in [0.2, 0.25) is 0 Å². The summed E-state index contributed by atoms with van der Waals surface area (Å²) in [7, 11) is 0. The Morgan fingerprint density at radius 2 is 1.68 bits per heavy atom. The van der Waals surface area contributed by atoms with Crippen molar-refractivity contribution in [3.63, 3.8) is 0 Å². The Labute approximate surface area is 120 Å². The van der Waals surface area contributed by atoms with Crippen LogP contribution in [0.3, 0.4) is 0 Å². The van der Waals surface area contributed by atoms with Crippen molar-refractivity contribution in [3.05, 3.63) is 58.4 Å². The third-order valence-electron chi connectivity index (χ3n) is 2.96. The Kier molecular flexibility index (Phi) is 3.49. The Balaban J connectivity index is 0.00000133. The van der Waals surface area contributed by atoms with Crippen LogP contribution in [0.5, 0.6) is 0 Å². The van der Waals surface area contributed by atoms with Crippen molar-refractivity contribution in [3.8, 4) is 0 Å². The van der Waals surface area contributed by atoms with Crippen molar-refractivity contribution in [1.29, 1.82) is 0 Å². The van der Waals surface area contributed by atoms with E-state index >= 15 is 0 Å². The quantitative estimate of drug-likeness (QED) is 0.535. The topological polar surface area (TPSA) is 70.2 Å². The SMILES string of the molecule is O=C(O)c1ccc2ccc3cccc(=O)c3c2[nH]1.[Zn]. The Morgan fingerprint density at radius 3 is 2.42 bits per heavy atom. The number of rotatable bonds is 1. The van der Waals surface area contributed by atoms with Crippen LogP contribution in [0.2, 0.25) is 0 Å². The van der Waals surface area contributed by atoms with Gasteiger partial charge in [-0.15, -0.1) is 0 Å². The molecule has 0 atom stereocenters. The number of aromatic nitrogens is 1. The van der Waals surface area contributed by atoms with Gasteiger partial charge in [0.05, 0.1) is 10.9 Å². The van der Waals surface area contributed by atoms with Crippen molar-refractivity contribution in [1.82, 2.24) is 4.98 Å². The number of carbonyl (C=O) groups is 1. The van der Waals surface area contributed by atoms with E-state index in [-0.39, 0.29) is 30.6 Å². The van der Waals surface area contributed by atoms with Crippen molar-refractivity contribution < 1.29 is 29.4 Å². The Bertz CT molecular complexity index is 839. The van der Waals surface area contributed by atoms with Crippen LogP contribution in [0.15, 0.2) is 47.3 Å². The average Bonchev–Trinajstić information content (AvgIpc) is 2.37. The molecule has 4 nitrogen and oxygen atoms in total. The van der Waals surface area contributed by atoms with Crippen LogP contribution in [0, 0.1) is 0 Å². The van der Waals surface area contributed by atoms with Gasteiger partial charge in [-0.25, -0.2) is 4.79 Å². The number of hydrogen-bond donors (Lipinski definition) is 2. The van der Waals surface area contributed by atoms with E-state index in [1.54, 1.807) is 12.1 Å². The van der Waals surface area contributed by atoms with Crippen LogP contribution in [0.4, 0.5) is 0 Å². The van der Waals surface area contributed by atoms with Gasteiger partial charge in [-0.05, 0) is 22.9 Å². The maximum absolute atomic E-state index is 11.9. The van der Waals surface area contributed by atoms with Crippen LogP contribution in [-0.4, -0.2) is 16.1 Å². The molecule has 0 saturated carbocycles. The molecule has 2 N–H and O–H groups in total. The minimum Gasteiger partial charge on any atom is -0.477 e. The number of carboxylic acids is 1. The van der Waals surface area contributed by atoms with Crippen LogP contribution in [0.1, 0.15) is 10.5 Å². The Morgan fingerprint density at radius 1 is 1.00 bits per heavy atom. The maximum atomic E-state index is 11.9. The van der Waals surface area contributed by atoms with Gasteiger partial charge in [0.1, 0.15) is 5.69 Å². The molecule has 0 unspecified atom stereocenters. The van der Waals surface area contributed by atoms with Crippen molar-refractivity contribution in [2.24, 2.45) is 0 Å². The number of carboxylic acid groups (broad SMARTS) is 1. The Hall–Kier alpha value is -2.00. The van der Waals surface area contributed by atoms with Gasteiger partial charge in [-0.1, -0.05) is 30.3 Å². The smallest absolute Gasteiger partial charge is 0.352 e. The fourth-order valence-corrected chi connectivity index (χ4v) is 2.11. The largest absolute Gasteiger partial charge is 0.477 e. The van der Waals surface area contributed by atoms with Crippen LogP contribution in [-0.2, 0) is 19.5 Å². The molecule has 0 aliphatic carbocycles. The van der Waals surface area contributed by atoms with Crippen LogP contribution in [0.25, 0.3) is 21.7 Å². The minimum absolute atomic E-state index is 0. The molecular weight excluding hydrogens is 296 g/mol. The summed E-state index contributed by atoms with van der Waals surface area (Å²) < 4.78 is 0. The molecule has 3 rings (SSSR count). The third-order valence-corrected chi connectivity index (χ3v) is 2.96. The zero-order valence-electron chi connectivity index (χ0n) is 10.0. The summed E-state index contributed by atoms with van der Waals surface area (Å²) in [5.74, 6) is -1.04. The first-order chi connectivity index (χ1) is 8.66. The van der Waals surface area contributed by atoms with E-state index in [4.69, 9.17) is 5.11 Å². The molecule has 0 radical (unpaired) electrons. The van der Waals surface area contributed by atoms with Gasteiger partial charge in [0, 0.05) is 19.5 Å². The molecule has 0 bridgehead atoms. The summed E-state index contributed by atoms with van der Waals surface area (Å²) in [5.41, 5.74) is 0.521. The zero-order chi connectivity index (χ0) is 12.7. The fourth-order valence-electron chi connectivity index (χ4n) is 2.11. The maximum Gasteiger partial charge on any atom is 0.352 e. The summed E-state index contributed by atoms with van der Waals surface area (Å²) in [6.45, 7) is 0. The first-order valence-corrected chi connectivity index (χ1v) is 5.45. The number of fused-ring (bicyclic) bond motifs is 3. The van der Waals surface area contributed by atoms with Crippen LogP contribution >= 0.6 is 0 Å². The molecule has 0 saturated heterocycles. The monoisotopic (exact) mass is 303 g/mol. The number of pyridine rings is 1. The first-order valence-electron chi connectivity index (χ1n) is 5.45. The molecule has 3 aromatic rings. The molecule has 90 valence electrons. The number of aromatic amines is 1. The molecule has 0 fully saturated rings. The van der Waals surface area contributed by atoms with E-state index in [1.807, 2.05) is 18.2 Å². The number of nitrogens with one attached hydrogen (secondary N) is 1. The van der Waals surface area contributed by atoms with Gasteiger partial charge in [-0.3, -0.25) is 4.79 Å². The summed E-state index contributed by atoms with van der Waals surface area (Å²) >= 11 is 0. The van der Waals surface area contributed by atoms with Crippen molar-refractivity contribution in [2.75, 3.05) is 0 Å². The molecule has 0 aliphatic heterocycles. The molecule has 2 aromatic carbocycles. The zero-order valence-corrected chi connectivity index (χ0v) is 13.0. The molecule has 1 heterocycles. The third kappa shape index (κ3) is 2.17. The second-order valence-electron chi connectivity index (χ2n) is 4.06. The van der Waals surface area contributed by atoms with Crippen LogP contribution < -0.4 is 5.43 Å². The molecule has 19 heavy (non-hydrogen) atoms.